The molecular weight excluding hydrogens is 454 g/mol. The third-order valence-electron chi connectivity index (χ3n) is 6.18. The summed E-state index contributed by atoms with van der Waals surface area (Å²) in [4.78, 5) is 40.4. The lowest BCUT2D eigenvalue weighted by Crippen LogP contribution is -2.37. The predicted octanol–water partition coefficient (Wildman–Crippen LogP) is 4.49. The third-order valence-corrected chi connectivity index (χ3v) is 7.10. The second kappa shape index (κ2) is 9.26. The molecular formula is C25H23N3O5S. The Morgan fingerprint density at radius 3 is 2.32 bits per heavy atom. The number of hydrogen-bond acceptors (Lipinski definition) is 6. The Labute approximate surface area is 200 Å². The van der Waals surface area contributed by atoms with E-state index in [1.165, 1.54) is 6.20 Å². The van der Waals surface area contributed by atoms with E-state index in [-0.39, 0.29) is 30.0 Å². The minimum atomic E-state index is -0.945. The summed E-state index contributed by atoms with van der Waals surface area (Å²) in [5.74, 6) is -1.19. The molecule has 1 atom stereocenters. The van der Waals surface area contributed by atoms with Gasteiger partial charge in [-0.05, 0) is 41.0 Å². The van der Waals surface area contributed by atoms with E-state index >= 15 is 0 Å². The molecule has 2 amide bonds. The van der Waals surface area contributed by atoms with Crippen molar-refractivity contribution in [3.05, 3.63) is 70.7 Å². The maximum absolute atomic E-state index is 12.5. The van der Waals surface area contributed by atoms with Gasteiger partial charge in [-0.15, -0.1) is 0 Å². The summed E-state index contributed by atoms with van der Waals surface area (Å²) in [6, 6.07) is 15.8. The maximum Gasteiger partial charge on any atom is 0.413 e. The molecule has 8 nitrogen and oxygen atoms in total. The number of anilines is 1. The number of carboxylic acids is 1. The molecule has 1 saturated carbocycles. The highest BCUT2D eigenvalue weighted by atomic mass is 32.1. The molecule has 1 fully saturated rings. The number of nitrogens with zero attached hydrogens (tertiary/aromatic N) is 1. The third kappa shape index (κ3) is 4.65. The zero-order valence-corrected chi connectivity index (χ0v) is 19.0. The maximum atomic E-state index is 12.5. The van der Waals surface area contributed by atoms with Crippen molar-refractivity contribution >= 4 is 34.4 Å². The topological polar surface area (TPSA) is 118 Å². The summed E-state index contributed by atoms with van der Waals surface area (Å²) < 4.78 is 5.51. The number of fused-ring (bicyclic) bond motifs is 3. The Morgan fingerprint density at radius 1 is 1.06 bits per heavy atom. The molecule has 2 aromatic carbocycles. The van der Waals surface area contributed by atoms with Crippen LogP contribution in [0.4, 0.5) is 9.93 Å². The number of benzene rings is 2. The molecule has 0 spiro atoms. The number of ether oxygens (including phenoxy) is 1. The van der Waals surface area contributed by atoms with Gasteiger partial charge in [-0.1, -0.05) is 59.9 Å². The summed E-state index contributed by atoms with van der Waals surface area (Å²) in [6.07, 6.45) is 2.43. The van der Waals surface area contributed by atoms with Crippen LogP contribution in [0.1, 0.15) is 46.0 Å². The van der Waals surface area contributed by atoms with E-state index in [0.717, 1.165) is 46.4 Å². The number of rotatable bonds is 8. The van der Waals surface area contributed by atoms with Crippen LogP contribution in [0, 0.1) is 5.92 Å². The summed E-state index contributed by atoms with van der Waals surface area (Å²) in [5.41, 5.74) is 4.54. The fourth-order valence-electron chi connectivity index (χ4n) is 4.42. The smallest absolute Gasteiger partial charge is 0.413 e. The lowest BCUT2D eigenvalue weighted by atomic mass is 9.98. The van der Waals surface area contributed by atoms with E-state index in [2.05, 4.69) is 27.8 Å². The van der Waals surface area contributed by atoms with Crippen LogP contribution >= 0.6 is 11.3 Å². The molecule has 0 aliphatic heterocycles. The van der Waals surface area contributed by atoms with Gasteiger partial charge in [0.15, 0.2) is 5.13 Å². The van der Waals surface area contributed by atoms with Crippen LogP contribution in [-0.4, -0.2) is 40.7 Å². The standard InChI is InChI=1S/C25H23N3O5S/c29-22(30)11-20(14-9-10-14)27-23(31)21-12-26-24(34-21)28-25(32)33-13-19-17-7-3-1-5-15(17)16-6-2-4-8-18(16)19/h1-8,12,14,19-20H,9-11,13H2,(H,27,31)(H,29,30)(H,26,28,32). The molecule has 1 heterocycles. The van der Waals surface area contributed by atoms with Crippen molar-refractivity contribution in [2.45, 2.75) is 31.2 Å². The number of carbonyl (C=O) groups is 3. The van der Waals surface area contributed by atoms with Crippen molar-refractivity contribution < 1.29 is 24.2 Å². The lowest BCUT2D eigenvalue weighted by molar-refractivity contribution is -0.137. The number of carboxylic acid groups (broad SMARTS) is 1. The van der Waals surface area contributed by atoms with Crippen molar-refractivity contribution in [3.8, 4) is 11.1 Å². The number of hydrogen-bond donors (Lipinski definition) is 3. The Kier molecular flexibility index (Phi) is 6.02. The molecule has 1 unspecified atom stereocenters. The van der Waals surface area contributed by atoms with Crippen LogP contribution in [-0.2, 0) is 9.53 Å². The average molecular weight is 478 g/mol. The van der Waals surface area contributed by atoms with Crippen LogP contribution in [0.2, 0.25) is 0 Å². The molecule has 2 aliphatic carbocycles. The van der Waals surface area contributed by atoms with Crippen molar-refractivity contribution in [3.63, 3.8) is 0 Å². The Balaban J connectivity index is 1.19. The summed E-state index contributed by atoms with van der Waals surface area (Å²) in [7, 11) is 0. The number of carbonyl (C=O) groups excluding carboxylic acids is 2. The first kappa shape index (κ1) is 22.1. The van der Waals surface area contributed by atoms with Crippen molar-refractivity contribution in [2.75, 3.05) is 11.9 Å². The van der Waals surface area contributed by atoms with Gasteiger partial charge in [0.25, 0.3) is 5.91 Å². The van der Waals surface area contributed by atoms with Gasteiger partial charge < -0.3 is 15.2 Å². The predicted molar refractivity (Wildman–Crippen MR) is 127 cm³/mol. The van der Waals surface area contributed by atoms with Gasteiger partial charge in [-0.2, -0.15) is 0 Å². The lowest BCUT2D eigenvalue weighted by Gasteiger charge is -2.15. The van der Waals surface area contributed by atoms with Crippen LogP contribution in [0.5, 0.6) is 0 Å². The van der Waals surface area contributed by atoms with E-state index in [9.17, 15) is 14.4 Å². The van der Waals surface area contributed by atoms with E-state index in [1.54, 1.807) is 0 Å². The van der Waals surface area contributed by atoms with Gasteiger partial charge in [-0.3, -0.25) is 14.9 Å². The Hall–Kier alpha value is -3.72. The summed E-state index contributed by atoms with van der Waals surface area (Å²) >= 11 is 1.02. The molecule has 174 valence electrons. The van der Waals surface area contributed by atoms with Gasteiger partial charge in [0.1, 0.15) is 11.5 Å². The first-order chi connectivity index (χ1) is 16.5. The molecule has 3 aromatic rings. The van der Waals surface area contributed by atoms with Crippen molar-refractivity contribution in [2.24, 2.45) is 5.92 Å². The quantitative estimate of drug-likeness (QED) is 0.440. The zero-order valence-electron chi connectivity index (χ0n) is 18.2. The second-order valence-corrected chi connectivity index (χ2v) is 9.53. The van der Waals surface area contributed by atoms with E-state index in [1.807, 2.05) is 36.4 Å². The molecule has 2 aliphatic rings. The number of aliphatic carboxylic acids is 1. The number of amides is 2. The second-order valence-electron chi connectivity index (χ2n) is 8.50. The van der Waals surface area contributed by atoms with Crippen molar-refractivity contribution in [1.29, 1.82) is 0 Å². The molecule has 5 rings (SSSR count). The summed E-state index contributed by atoms with van der Waals surface area (Å²) in [5, 5.41) is 14.7. The first-order valence-corrected chi connectivity index (χ1v) is 11.9. The number of thiazole rings is 1. The Bertz CT molecular complexity index is 1210. The zero-order chi connectivity index (χ0) is 23.7. The van der Waals surface area contributed by atoms with Crippen LogP contribution in [0.25, 0.3) is 11.1 Å². The highest BCUT2D eigenvalue weighted by Crippen LogP contribution is 2.44. The van der Waals surface area contributed by atoms with Gasteiger partial charge >= 0.3 is 12.1 Å². The van der Waals surface area contributed by atoms with E-state index in [0.29, 0.717) is 4.88 Å². The fraction of sp³-hybridized carbons (Fsp3) is 0.280. The van der Waals surface area contributed by atoms with E-state index < -0.39 is 24.0 Å². The molecule has 34 heavy (non-hydrogen) atoms. The normalized spacial score (nSPS) is 15.2. The largest absolute Gasteiger partial charge is 0.481 e. The van der Waals surface area contributed by atoms with Gasteiger partial charge in [0, 0.05) is 12.0 Å². The number of nitrogens with one attached hydrogen (secondary N) is 2. The SMILES string of the molecule is O=C(O)CC(NC(=O)c1cnc(NC(=O)OCC2c3ccccc3-c3ccccc32)s1)C1CC1. The van der Waals surface area contributed by atoms with Crippen molar-refractivity contribution in [1.82, 2.24) is 10.3 Å². The highest BCUT2D eigenvalue weighted by molar-refractivity contribution is 7.17. The molecule has 0 saturated heterocycles. The fourth-order valence-corrected chi connectivity index (χ4v) is 5.13. The highest BCUT2D eigenvalue weighted by Gasteiger charge is 2.34. The van der Waals surface area contributed by atoms with Crippen LogP contribution in [0.3, 0.4) is 0 Å². The molecule has 0 bridgehead atoms. The first-order valence-electron chi connectivity index (χ1n) is 11.1. The van der Waals surface area contributed by atoms with Crippen LogP contribution < -0.4 is 10.6 Å². The minimum Gasteiger partial charge on any atom is -0.481 e. The average Bonchev–Trinajstić information content (AvgIpc) is 3.49. The minimum absolute atomic E-state index is 0.0515. The van der Waals surface area contributed by atoms with Gasteiger partial charge in [-0.25, -0.2) is 9.78 Å². The Morgan fingerprint density at radius 2 is 1.71 bits per heavy atom. The monoisotopic (exact) mass is 477 g/mol. The number of aromatic nitrogens is 1. The van der Waals surface area contributed by atoms with Crippen LogP contribution in [0.15, 0.2) is 54.7 Å². The van der Waals surface area contributed by atoms with Gasteiger partial charge in [0.05, 0.1) is 12.6 Å². The molecule has 9 heteroatoms. The molecule has 1 aromatic heterocycles. The van der Waals surface area contributed by atoms with Gasteiger partial charge in [0.2, 0.25) is 0 Å². The molecule has 0 radical (unpaired) electrons. The summed E-state index contributed by atoms with van der Waals surface area (Å²) in [6.45, 7) is 0.177. The molecule has 3 N–H and O–H groups in total. The van der Waals surface area contributed by atoms with E-state index in [4.69, 9.17) is 9.84 Å².